The van der Waals surface area contributed by atoms with Crippen LogP contribution in [0.25, 0.3) is 0 Å². The van der Waals surface area contributed by atoms with E-state index in [2.05, 4.69) is 20.4 Å². The Morgan fingerprint density at radius 3 is 2.38 bits per heavy atom. The maximum absolute atomic E-state index is 7.58. The molecule has 1 atom stereocenters. The SMILES string of the molecule is C=CN1C(=N)CCC1C(C)C.CC. The quantitative estimate of drug-likeness (QED) is 0.697. The van der Waals surface area contributed by atoms with E-state index in [1.165, 1.54) is 0 Å². The summed E-state index contributed by atoms with van der Waals surface area (Å²) in [7, 11) is 0. The molecule has 1 aliphatic rings. The zero-order valence-electron chi connectivity index (χ0n) is 9.30. The van der Waals surface area contributed by atoms with E-state index in [1.54, 1.807) is 6.20 Å². The molecule has 1 unspecified atom stereocenters. The summed E-state index contributed by atoms with van der Waals surface area (Å²) in [5.74, 6) is 1.34. The van der Waals surface area contributed by atoms with Gasteiger partial charge in [-0.05, 0) is 18.5 Å². The van der Waals surface area contributed by atoms with Crippen LogP contribution in [-0.2, 0) is 0 Å². The van der Waals surface area contributed by atoms with Crippen molar-refractivity contribution in [2.24, 2.45) is 5.92 Å². The molecule has 1 aliphatic heterocycles. The van der Waals surface area contributed by atoms with Gasteiger partial charge in [0.05, 0.1) is 0 Å². The van der Waals surface area contributed by atoms with E-state index in [-0.39, 0.29) is 0 Å². The molecule has 2 nitrogen and oxygen atoms in total. The Morgan fingerprint density at radius 2 is 2.08 bits per heavy atom. The first-order valence-corrected chi connectivity index (χ1v) is 5.15. The first-order chi connectivity index (χ1) is 6.16. The van der Waals surface area contributed by atoms with Crippen molar-refractivity contribution in [1.29, 1.82) is 5.41 Å². The van der Waals surface area contributed by atoms with Crippen LogP contribution in [0.2, 0.25) is 0 Å². The molecule has 1 saturated heterocycles. The van der Waals surface area contributed by atoms with Gasteiger partial charge in [0.2, 0.25) is 0 Å². The maximum atomic E-state index is 7.58. The van der Waals surface area contributed by atoms with E-state index in [9.17, 15) is 0 Å². The molecule has 13 heavy (non-hydrogen) atoms. The molecule has 0 aliphatic carbocycles. The molecule has 0 radical (unpaired) electrons. The van der Waals surface area contributed by atoms with E-state index in [4.69, 9.17) is 5.41 Å². The van der Waals surface area contributed by atoms with Gasteiger partial charge in [-0.25, -0.2) is 0 Å². The fraction of sp³-hybridized carbons (Fsp3) is 0.727. The lowest BCUT2D eigenvalue weighted by atomic mass is 10.0. The minimum Gasteiger partial charge on any atom is -0.334 e. The van der Waals surface area contributed by atoms with Crippen molar-refractivity contribution >= 4 is 5.84 Å². The van der Waals surface area contributed by atoms with E-state index < -0.39 is 0 Å². The summed E-state index contributed by atoms with van der Waals surface area (Å²) in [4.78, 5) is 1.99. The molecule has 1 rings (SSSR count). The van der Waals surface area contributed by atoms with Gasteiger partial charge in [-0.1, -0.05) is 34.3 Å². The third-order valence-electron chi connectivity index (χ3n) is 2.31. The second-order valence-corrected chi connectivity index (χ2v) is 3.39. The molecule has 1 N–H and O–H groups in total. The van der Waals surface area contributed by atoms with Crippen molar-refractivity contribution in [3.05, 3.63) is 12.8 Å². The monoisotopic (exact) mass is 182 g/mol. The summed E-state index contributed by atoms with van der Waals surface area (Å²) < 4.78 is 0. The largest absolute Gasteiger partial charge is 0.334 e. The van der Waals surface area contributed by atoms with Crippen molar-refractivity contribution in [3.8, 4) is 0 Å². The molecule has 0 bridgehead atoms. The Balaban J connectivity index is 0.000000671. The van der Waals surface area contributed by atoms with Crippen molar-refractivity contribution in [2.45, 2.75) is 46.6 Å². The van der Waals surface area contributed by atoms with E-state index in [0.29, 0.717) is 12.0 Å². The highest BCUT2D eigenvalue weighted by Crippen LogP contribution is 2.24. The van der Waals surface area contributed by atoms with Crippen LogP contribution in [-0.4, -0.2) is 16.8 Å². The van der Waals surface area contributed by atoms with Crippen LogP contribution in [0.3, 0.4) is 0 Å². The Bertz CT molecular complexity index is 173. The maximum Gasteiger partial charge on any atom is 0.100 e. The van der Waals surface area contributed by atoms with Gasteiger partial charge in [-0.2, -0.15) is 0 Å². The second kappa shape index (κ2) is 5.79. The number of amidine groups is 1. The molecule has 1 fully saturated rings. The topological polar surface area (TPSA) is 27.1 Å². The van der Waals surface area contributed by atoms with Gasteiger partial charge < -0.3 is 4.90 Å². The Morgan fingerprint density at radius 1 is 1.54 bits per heavy atom. The number of rotatable bonds is 2. The van der Waals surface area contributed by atoms with Crippen LogP contribution >= 0.6 is 0 Å². The number of hydrogen-bond donors (Lipinski definition) is 1. The smallest absolute Gasteiger partial charge is 0.100 e. The fourth-order valence-electron chi connectivity index (χ4n) is 1.65. The Hall–Kier alpha value is -0.790. The van der Waals surface area contributed by atoms with E-state index in [1.807, 2.05) is 18.7 Å². The minimum atomic E-state index is 0.514. The standard InChI is InChI=1S/C9H16N2.C2H6/c1-4-11-8(7(2)3)5-6-9(11)10;1-2/h4,7-8,10H,1,5-6H2,2-3H3;1-2H3. The highest BCUT2D eigenvalue weighted by molar-refractivity contribution is 5.82. The molecule has 0 aromatic heterocycles. The zero-order valence-corrected chi connectivity index (χ0v) is 9.30. The number of nitrogens with one attached hydrogen (secondary N) is 1. The lowest BCUT2D eigenvalue weighted by molar-refractivity contribution is 0.333. The highest BCUT2D eigenvalue weighted by atomic mass is 15.2. The molecular formula is C11H22N2. The molecule has 1 heterocycles. The molecule has 76 valence electrons. The summed E-state index contributed by atoms with van der Waals surface area (Å²) >= 11 is 0. The fourth-order valence-corrected chi connectivity index (χ4v) is 1.65. The molecule has 2 heteroatoms. The second-order valence-electron chi connectivity index (χ2n) is 3.39. The minimum absolute atomic E-state index is 0.514. The predicted octanol–water partition coefficient (Wildman–Crippen LogP) is 3.25. The number of nitrogens with zero attached hydrogens (tertiary/aromatic N) is 1. The van der Waals surface area contributed by atoms with Gasteiger partial charge in [0.15, 0.2) is 0 Å². The lowest BCUT2D eigenvalue weighted by Gasteiger charge is -2.25. The van der Waals surface area contributed by atoms with Gasteiger partial charge in [0.25, 0.3) is 0 Å². The van der Waals surface area contributed by atoms with Crippen molar-refractivity contribution in [1.82, 2.24) is 4.90 Å². The van der Waals surface area contributed by atoms with Gasteiger partial charge in [-0.3, -0.25) is 5.41 Å². The molecule has 0 spiro atoms. The molecule has 0 aromatic carbocycles. The molecule has 0 amide bonds. The Labute approximate surface area is 82.1 Å². The zero-order chi connectivity index (χ0) is 10.4. The van der Waals surface area contributed by atoms with Crippen LogP contribution < -0.4 is 0 Å². The van der Waals surface area contributed by atoms with Gasteiger partial charge in [0, 0.05) is 12.5 Å². The molecule has 0 aromatic rings. The Kier molecular flexibility index (Phi) is 5.44. The van der Waals surface area contributed by atoms with Crippen molar-refractivity contribution in [3.63, 3.8) is 0 Å². The number of likely N-dealkylation sites (tertiary alicyclic amines) is 1. The van der Waals surface area contributed by atoms with Crippen LogP contribution in [0.15, 0.2) is 12.8 Å². The van der Waals surface area contributed by atoms with Crippen LogP contribution in [0, 0.1) is 11.3 Å². The molecular weight excluding hydrogens is 160 g/mol. The van der Waals surface area contributed by atoms with Crippen molar-refractivity contribution < 1.29 is 0 Å². The van der Waals surface area contributed by atoms with Crippen molar-refractivity contribution in [2.75, 3.05) is 0 Å². The average molecular weight is 182 g/mol. The highest BCUT2D eigenvalue weighted by Gasteiger charge is 2.28. The summed E-state index contributed by atoms with van der Waals surface area (Å²) in [6.07, 6.45) is 3.80. The van der Waals surface area contributed by atoms with E-state index in [0.717, 1.165) is 18.7 Å². The summed E-state index contributed by atoms with van der Waals surface area (Å²) in [6, 6.07) is 0.514. The van der Waals surface area contributed by atoms with E-state index >= 15 is 0 Å². The normalized spacial score (nSPS) is 21.5. The summed E-state index contributed by atoms with van der Waals surface area (Å²) in [6.45, 7) is 12.1. The van der Waals surface area contributed by atoms with Crippen LogP contribution in [0.5, 0.6) is 0 Å². The third-order valence-corrected chi connectivity index (χ3v) is 2.31. The summed E-state index contributed by atoms with van der Waals surface area (Å²) in [5, 5.41) is 7.58. The molecule has 0 saturated carbocycles. The average Bonchev–Trinajstić information content (AvgIpc) is 2.50. The van der Waals surface area contributed by atoms with Crippen LogP contribution in [0.4, 0.5) is 0 Å². The van der Waals surface area contributed by atoms with Gasteiger partial charge in [0.1, 0.15) is 5.84 Å². The third kappa shape index (κ3) is 2.87. The number of hydrogen-bond acceptors (Lipinski definition) is 1. The van der Waals surface area contributed by atoms with Gasteiger partial charge in [-0.15, -0.1) is 0 Å². The first kappa shape index (κ1) is 12.2. The lowest BCUT2D eigenvalue weighted by Crippen LogP contribution is -2.31. The van der Waals surface area contributed by atoms with Gasteiger partial charge >= 0.3 is 0 Å². The summed E-state index contributed by atoms with van der Waals surface area (Å²) in [5.41, 5.74) is 0. The first-order valence-electron chi connectivity index (χ1n) is 5.15. The predicted molar refractivity (Wildman–Crippen MR) is 59.0 cm³/mol. The van der Waals surface area contributed by atoms with Crippen LogP contribution in [0.1, 0.15) is 40.5 Å².